The lowest BCUT2D eigenvalue weighted by atomic mass is 9.74. The van der Waals surface area contributed by atoms with Crippen LogP contribution in [0.2, 0.25) is 0 Å². The van der Waals surface area contributed by atoms with Crippen molar-refractivity contribution in [2.45, 2.75) is 27.2 Å². The number of rotatable bonds is 5. The molecular weight excluding hydrogens is 281 g/mol. The first kappa shape index (κ1) is 14.7. The molecular formula is C14H21BrFN. The van der Waals surface area contributed by atoms with Gasteiger partial charge in [-0.05, 0) is 48.6 Å². The van der Waals surface area contributed by atoms with Gasteiger partial charge in [-0.3, -0.25) is 0 Å². The summed E-state index contributed by atoms with van der Waals surface area (Å²) in [5.74, 6) is 0.365. The Hall–Kier alpha value is -0.410. The maximum Gasteiger partial charge on any atom is 0.123 e. The molecule has 1 aromatic carbocycles. The van der Waals surface area contributed by atoms with Crippen molar-refractivity contribution in [1.82, 2.24) is 5.32 Å². The lowest BCUT2D eigenvalue weighted by Gasteiger charge is -2.34. The average molecular weight is 302 g/mol. The van der Waals surface area contributed by atoms with Crippen molar-refractivity contribution in [3.8, 4) is 0 Å². The molecule has 0 aliphatic rings. The summed E-state index contributed by atoms with van der Waals surface area (Å²) in [7, 11) is 1.96. The molecule has 17 heavy (non-hydrogen) atoms. The van der Waals surface area contributed by atoms with Crippen LogP contribution >= 0.6 is 15.9 Å². The zero-order chi connectivity index (χ0) is 13.1. The fourth-order valence-electron chi connectivity index (χ4n) is 1.99. The van der Waals surface area contributed by atoms with E-state index in [1.807, 2.05) is 7.05 Å². The van der Waals surface area contributed by atoms with Crippen molar-refractivity contribution in [2.24, 2.45) is 11.3 Å². The van der Waals surface area contributed by atoms with Crippen LogP contribution in [-0.2, 0) is 6.42 Å². The Morgan fingerprint density at radius 1 is 1.41 bits per heavy atom. The van der Waals surface area contributed by atoms with E-state index >= 15 is 0 Å². The first-order valence-corrected chi connectivity index (χ1v) is 6.77. The monoisotopic (exact) mass is 301 g/mol. The topological polar surface area (TPSA) is 12.0 Å². The minimum absolute atomic E-state index is 0.130. The highest BCUT2D eigenvalue weighted by atomic mass is 79.9. The van der Waals surface area contributed by atoms with E-state index in [1.54, 1.807) is 12.1 Å². The molecule has 0 amide bonds. The molecule has 1 N–H and O–H groups in total. The molecule has 0 bridgehead atoms. The van der Waals surface area contributed by atoms with Crippen LogP contribution in [-0.4, -0.2) is 13.6 Å². The fourth-order valence-corrected chi connectivity index (χ4v) is 2.38. The number of hydrogen-bond donors (Lipinski definition) is 1. The van der Waals surface area contributed by atoms with Gasteiger partial charge in [0.05, 0.1) is 0 Å². The van der Waals surface area contributed by atoms with Crippen LogP contribution in [0, 0.1) is 17.2 Å². The molecule has 1 rings (SSSR count). The van der Waals surface area contributed by atoms with Gasteiger partial charge in [0.2, 0.25) is 0 Å². The SMILES string of the molecule is CNCC(C)(Cc1cc(F)ccc1Br)C(C)C. The highest BCUT2D eigenvalue weighted by molar-refractivity contribution is 9.10. The van der Waals surface area contributed by atoms with Gasteiger partial charge in [-0.1, -0.05) is 36.7 Å². The molecule has 0 radical (unpaired) electrons. The average Bonchev–Trinajstić information content (AvgIpc) is 2.23. The summed E-state index contributed by atoms with van der Waals surface area (Å²) in [5.41, 5.74) is 1.17. The Morgan fingerprint density at radius 2 is 2.06 bits per heavy atom. The third-order valence-electron chi connectivity index (χ3n) is 3.58. The molecule has 1 atom stereocenters. The lowest BCUT2D eigenvalue weighted by molar-refractivity contribution is 0.212. The van der Waals surface area contributed by atoms with E-state index in [4.69, 9.17) is 0 Å². The second-order valence-corrected chi connectivity index (χ2v) is 6.11. The van der Waals surface area contributed by atoms with Gasteiger partial charge in [0.15, 0.2) is 0 Å². The van der Waals surface area contributed by atoms with Crippen molar-refractivity contribution in [1.29, 1.82) is 0 Å². The zero-order valence-corrected chi connectivity index (χ0v) is 12.6. The maximum atomic E-state index is 13.3. The highest BCUT2D eigenvalue weighted by Crippen LogP contribution is 2.33. The van der Waals surface area contributed by atoms with Crippen molar-refractivity contribution in [3.63, 3.8) is 0 Å². The normalized spacial score (nSPS) is 15.0. The summed E-state index contributed by atoms with van der Waals surface area (Å²) in [6.07, 6.45) is 0.865. The van der Waals surface area contributed by atoms with E-state index in [0.717, 1.165) is 23.0 Å². The number of nitrogens with one attached hydrogen (secondary N) is 1. The van der Waals surface area contributed by atoms with E-state index in [1.165, 1.54) is 6.07 Å². The highest BCUT2D eigenvalue weighted by Gasteiger charge is 2.28. The van der Waals surface area contributed by atoms with E-state index < -0.39 is 0 Å². The van der Waals surface area contributed by atoms with Crippen LogP contribution in [0.3, 0.4) is 0 Å². The van der Waals surface area contributed by atoms with Gasteiger partial charge >= 0.3 is 0 Å². The summed E-state index contributed by atoms with van der Waals surface area (Å²) >= 11 is 3.50. The summed E-state index contributed by atoms with van der Waals surface area (Å²) in [6, 6.07) is 4.89. The Balaban J connectivity index is 2.97. The van der Waals surface area contributed by atoms with Gasteiger partial charge in [-0.15, -0.1) is 0 Å². The number of hydrogen-bond acceptors (Lipinski definition) is 1. The zero-order valence-electron chi connectivity index (χ0n) is 11.0. The third kappa shape index (κ3) is 3.78. The Kier molecular flexibility index (Phi) is 5.14. The summed E-state index contributed by atoms with van der Waals surface area (Å²) < 4.78 is 14.3. The molecule has 1 aromatic rings. The summed E-state index contributed by atoms with van der Waals surface area (Å²) in [5, 5.41) is 3.23. The Bertz CT molecular complexity index is 378. The molecule has 0 aliphatic heterocycles. The smallest absolute Gasteiger partial charge is 0.123 e. The van der Waals surface area contributed by atoms with Gasteiger partial charge in [0.25, 0.3) is 0 Å². The minimum Gasteiger partial charge on any atom is -0.319 e. The molecule has 0 heterocycles. The van der Waals surface area contributed by atoms with Crippen LogP contribution < -0.4 is 5.32 Å². The predicted octanol–water partition coefficient (Wildman–Crippen LogP) is 4.01. The number of halogens is 2. The van der Waals surface area contributed by atoms with Gasteiger partial charge < -0.3 is 5.32 Å². The molecule has 1 nitrogen and oxygen atoms in total. The third-order valence-corrected chi connectivity index (χ3v) is 4.35. The lowest BCUT2D eigenvalue weighted by Crippen LogP contribution is -2.36. The fraction of sp³-hybridized carbons (Fsp3) is 0.571. The molecule has 1 unspecified atom stereocenters. The largest absolute Gasteiger partial charge is 0.319 e. The Labute approximate surface area is 112 Å². The second kappa shape index (κ2) is 5.96. The van der Waals surface area contributed by atoms with Crippen molar-refractivity contribution < 1.29 is 4.39 Å². The Morgan fingerprint density at radius 3 is 2.59 bits per heavy atom. The van der Waals surface area contributed by atoms with Crippen LogP contribution in [0.15, 0.2) is 22.7 Å². The minimum atomic E-state index is -0.168. The standard InChI is InChI=1S/C14H21BrFN/c1-10(2)14(3,9-17-4)8-11-7-12(16)5-6-13(11)15/h5-7,10,17H,8-9H2,1-4H3. The molecule has 3 heteroatoms. The van der Waals surface area contributed by atoms with Gasteiger partial charge in [-0.2, -0.15) is 0 Å². The van der Waals surface area contributed by atoms with Gasteiger partial charge in [0, 0.05) is 11.0 Å². The molecule has 0 fully saturated rings. The van der Waals surface area contributed by atoms with Crippen molar-refractivity contribution in [2.75, 3.05) is 13.6 Å². The van der Waals surface area contributed by atoms with Crippen LogP contribution in [0.1, 0.15) is 26.3 Å². The van der Waals surface area contributed by atoms with Gasteiger partial charge in [0.1, 0.15) is 5.82 Å². The second-order valence-electron chi connectivity index (χ2n) is 5.25. The summed E-state index contributed by atoms with van der Waals surface area (Å²) in [4.78, 5) is 0. The van der Waals surface area contributed by atoms with Crippen LogP contribution in [0.4, 0.5) is 4.39 Å². The van der Waals surface area contributed by atoms with Crippen LogP contribution in [0.25, 0.3) is 0 Å². The van der Waals surface area contributed by atoms with E-state index in [0.29, 0.717) is 5.92 Å². The number of benzene rings is 1. The van der Waals surface area contributed by atoms with Crippen molar-refractivity contribution >= 4 is 15.9 Å². The van der Waals surface area contributed by atoms with E-state index in [-0.39, 0.29) is 11.2 Å². The molecule has 0 spiro atoms. The van der Waals surface area contributed by atoms with Crippen LogP contribution in [0.5, 0.6) is 0 Å². The van der Waals surface area contributed by atoms with Crippen molar-refractivity contribution in [3.05, 3.63) is 34.1 Å². The maximum absolute atomic E-state index is 13.3. The molecule has 0 aliphatic carbocycles. The molecule has 0 saturated carbocycles. The van der Waals surface area contributed by atoms with E-state index in [9.17, 15) is 4.39 Å². The summed E-state index contributed by atoms with van der Waals surface area (Å²) in [6.45, 7) is 7.59. The molecule has 0 aromatic heterocycles. The van der Waals surface area contributed by atoms with E-state index in [2.05, 4.69) is 42.0 Å². The predicted molar refractivity (Wildman–Crippen MR) is 74.7 cm³/mol. The first-order chi connectivity index (χ1) is 7.89. The molecule has 0 saturated heterocycles. The first-order valence-electron chi connectivity index (χ1n) is 5.97. The molecule has 96 valence electrons. The quantitative estimate of drug-likeness (QED) is 0.866. The van der Waals surface area contributed by atoms with Gasteiger partial charge in [-0.25, -0.2) is 4.39 Å².